The van der Waals surface area contributed by atoms with Crippen LogP contribution in [-0.4, -0.2) is 51.6 Å². The average Bonchev–Trinajstić information content (AvgIpc) is 2.55. The highest BCUT2D eigenvalue weighted by Crippen LogP contribution is 2.00. The van der Waals surface area contributed by atoms with Crippen molar-refractivity contribution in [3.8, 4) is 0 Å². The number of amides is 2. The van der Waals surface area contributed by atoms with E-state index in [1.54, 1.807) is 6.08 Å². The first-order valence-electron chi connectivity index (χ1n) is 7.27. The van der Waals surface area contributed by atoms with E-state index in [-0.39, 0.29) is 19.1 Å². The topological polar surface area (TPSA) is 99.9 Å². The minimum absolute atomic E-state index is 0.124. The number of carbonyl (C=O) groups is 2. The lowest BCUT2D eigenvalue weighted by Gasteiger charge is -2.06. The number of rotatable bonds is 11. The summed E-state index contributed by atoms with van der Waals surface area (Å²) in [6.07, 6.45) is 2.41. The molecule has 2 amide bonds. The van der Waals surface area contributed by atoms with E-state index in [1.165, 1.54) is 6.08 Å². The molecule has 1 aromatic carbocycles. The van der Waals surface area contributed by atoms with Crippen LogP contribution in [0.2, 0.25) is 0 Å². The molecule has 0 atom stereocenters. The van der Waals surface area contributed by atoms with Gasteiger partial charge in [-0.1, -0.05) is 30.3 Å². The Labute approximate surface area is 135 Å². The number of benzene rings is 1. The Bertz CT molecular complexity index is 491. The number of primary amides is 1. The molecule has 3 N–H and O–H groups in total. The molecule has 0 unspecified atom stereocenters. The molecule has 0 saturated carbocycles. The van der Waals surface area contributed by atoms with Crippen LogP contribution in [0.15, 0.2) is 36.4 Å². The number of nitrogens with two attached hydrogens (primary N) is 1. The van der Waals surface area contributed by atoms with Crippen LogP contribution < -0.4 is 11.1 Å². The number of hydrogen-bond acceptors (Lipinski definition) is 5. The van der Waals surface area contributed by atoms with Gasteiger partial charge < -0.3 is 25.3 Å². The molecule has 0 aromatic heterocycles. The number of carbonyl (C=O) groups excluding carboxylic acids is 2. The lowest BCUT2D eigenvalue weighted by atomic mass is 10.2. The Morgan fingerprint density at radius 3 is 2.35 bits per heavy atom. The minimum atomic E-state index is -0.818. The highest BCUT2D eigenvalue weighted by atomic mass is 16.6. The molecule has 7 nitrogen and oxygen atoms in total. The van der Waals surface area contributed by atoms with E-state index in [0.717, 1.165) is 5.56 Å². The smallest absolute Gasteiger partial charge is 0.404 e. The molecule has 0 radical (unpaired) electrons. The highest BCUT2D eigenvalue weighted by Gasteiger charge is 1.96. The van der Waals surface area contributed by atoms with Crippen molar-refractivity contribution < 1.29 is 23.8 Å². The second kappa shape index (κ2) is 12.2. The first kappa shape index (κ1) is 18.7. The molecule has 23 heavy (non-hydrogen) atoms. The molecule has 0 fully saturated rings. The van der Waals surface area contributed by atoms with E-state index < -0.39 is 6.09 Å². The zero-order valence-electron chi connectivity index (χ0n) is 12.9. The third-order valence-corrected chi connectivity index (χ3v) is 2.62. The molecule has 0 aliphatic rings. The van der Waals surface area contributed by atoms with Gasteiger partial charge >= 0.3 is 6.09 Å². The van der Waals surface area contributed by atoms with Crippen molar-refractivity contribution in [3.05, 3.63) is 42.0 Å². The molecular weight excluding hydrogens is 300 g/mol. The Morgan fingerprint density at radius 1 is 1.00 bits per heavy atom. The van der Waals surface area contributed by atoms with E-state index >= 15 is 0 Å². The Hall–Kier alpha value is -2.38. The van der Waals surface area contributed by atoms with Crippen LogP contribution in [0.4, 0.5) is 4.79 Å². The second-order valence-corrected chi connectivity index (χ2v) is 4.43. The fourth-order valence-corrected chi connectivity index (χ4v) is 1.56. The van der Waals surface area contributed by atoms with Gasteiger partial charge in [0.25, 0.3) is 0 Å². The summed E-state index contributed by atoms with van der Waals surface area (Å²) in [6.45, 7) is 1.98. The molecule has 0 saturated heterocycles. The lowest BCUT2D eigenvalue weighted by Crippen LogP contribution is -2.26. The van der Waals surface area contributed by atoms with Gasteiger partial charge in [-0.05, 0) is 11.6 Å². The first-order chi connectivity index (χ1) is 11.2. The van der Waals surface area contributed by atoms with Crippen LogP contribution in [0.25, 0.3) is 6.08 Å². The number of hydrogen-bond donors (Lipinski definition) is 2. The van der Waals surface area contributed by atoms with E-state index in [2.05, 4.69) is 10.1 Å². The zero-order chi connectivity index (χ0) is 16.8. The molecule has 0 spiro atoms. The minimum Gasteiger partial charge on any atom is -0.447 e. The summed E-state index contributed by atoms with van der Waals surface area (Å²) < 4.78 is 14.9. The van der Waals surface area contributed by atoms with Crippen LogP contribution >= 0.6 is 0 Å². The Kier molecular flexibility index (Phi) is 9.90. The van der Waals surface area contributed by atoms with Crippen LogP contribution in [0.3, 0.4) is 0 Å². The van der Waals surface area contributed by atoms with Crippen LogP contribution in [0, 0.1) is 0 Å². The van der Waals surface area contributed by atoms with Gasteiger partial charge in [-0.2, -0.15) is 0 Å². The van der Waals surface area contributed by atoms with Crippen molar-refractivity contribution in [2.24, 2.45) is 5.73 Å². The van der Waals surface area contributed by atoms with Gasteiger partial charge in [-0.3, -0.25) is 4.79 Å². The maximum atomic E-state index is 11.5. The second-order valence-electron chi connectivity index (χ2n) is 4.43. The summed E-state index contributed by atoms with van der Waals surface area (Å²) in [5.74, 6) is -0.169. The SMILES string of the molecule is NC(=O)OCCOCCOCCNC(=O)C=Cc1ccccc1. The molecule has 0 heterocycles. The van der Waals surface area contributed by atoms with Crippen LogP contribution in [-0.2, 0) is 19.0 Å². The Morgan fingerprint density at radius 2 is 1.65 bits per heavy atom. The first-order valence-corrected chi connectivity index (χ1v) is 7.27. The van der Waals surface area contributed by atoms with Gasteiger partial charge in [-0.15, -0.1) is 0 Å². The van der Waals surface area contributed by atoms with Gasteiger partial charge in [0, 0.05) is 12.6 Å². The maximum absolute atomic E-state index is 11.5. The van der Waals surface area contributed by atoms with E-state index in [9.17, 15) is 9.59 Å². The fraction of sp³-hybridized carbons (Fsp3) is 0.375. The normalized spacial score (nSPS) is 10.6. The summed E-state index contributed by atoms with van der Waals surface area (Å²) in [4.78, 5) is 21.8. The standard InChI is InChI=1S/C16H22N2O5/c17-16(20)23-13-12-22-11-10-21-9-8-18-15(19)7-6-14-4-2-1-3-5-14/h1-7H,8-13H2,(H2,17,20)(H,18,19). The van der Waals surface area contributed by atoms with Gasteiger partial charge in [0.2, 0.25) is 5.91 Å². The third kappa shape index (κ3) is 10.9. The van der Waals surface area contributed by atoms with Crippen molar-refractivity contribution >= 4 is 18.1 Å². The van der Waals surface area contributed by atoms with Gasteiger partial charge in [-0.25, -0.2) is 4.79 Å². The molecular formula is C16H22N2O5. The van der Waals surface area contributed by atoms with E-state index in [4.69, 9.17) is 15.2 Å². The third-order valence-electron chi connectivity index (χ3n) is 2.62. The van der Waals surface area contributed by atoms with Crippen molar-refractivity contribution in [2.75, 3.05) is 39.6 Å². The highest BCUT2D eigenvalue weighted by molar-refractivity contribution is 5.91. The summed E-state index contributed by atoms with van der Waals surface area (Å²) >= 11 is 0. The van der Waals surface area contributed by atoms with Gasteiger partial charge in [0.05, 0.1) is 26.4 Å². The molecule has 7 heteroatoms. The molecule has 0 bridgehead atoms. The van der Waals surface area contributed by atoms with Gasteiger partial charge in [0.1, 0.15) is 6.61 Å². The molecule has 1 rings (SSSR count). The molecule has 126 valence electrons. The van der Waals surface area contributed by atoms with E-state index in [1.807, 2.05) is 30.3 Å². The van der Waals surface area contributed by atoms with Crippen molar-refractivity contribution in [1.29, 1.82) is 0 Å². The van der Waals surface area contributed by atoms with Crippen molar-refractivity contribution in [2.45, 2.75) is 0 Å². The monoisotopic (exact) mass is 322 g/mol. The predicted molar refractivity (Wildman–Crippen MR) is 85.7 cm³/mol. The lowest BCUT2D eigenvalue weighted by molar-refractivity contribution is -0.116. The van der Waals surface area contributed by atoms with Crippen molar-refractivity contribution in [3.63, 3.8) is 0 Å². The fourth-order valence-electron chi connectivity index (χ4n) is 1.56. The maximum Gasteiger partial charge on any atom is 0.404 e. The van der Waals surface area contributed by atoms with Gasteiger partial charge in [0.15, 0.2) is 0 Å². The Balaban J connectivity index is 1.93. The van der Waals surface area contributed by atoms with Crippen LogP contribution in [0.1, 0.15) is 5.56 Å². The summed E-state index contributed by atoms with van der Waals surface area (Å²) in [6, 6.07) is 9.58. The quantitative estimate of drug-likeness (QED) is 0.466. The molecule has 0 aliphatic carbocycles. The summed E-state index contributed by atoms with van der Waals surface area (Å²) in [5.41, 5.74) is 5.76. The largest absolute Gasteiger partial charge is 0.447 e. The predicted octanol–water partition coefficient (Wildman–Crippen LogP) is 0.945. The van der Waals surface area contributed by atoms with Crippen LogP contribution in [0.5, 0.6) is 0 Å². The molecule has 1 aromatic rings. The number of nitrogens with one attached hydrogen (secondary N) is 1. The molecule has 0 aliphatic heterocycles. The van der Waals surface area contributed by atoms with E-state index in [0.29, 0.717) is 26.4 Å². The van der Waals surface area contributed by atoms with Crippen molar-refractivity contribution in [1.82, 2.24) is 5.32 Å². The zero-order valence-corrected chi connectivity index (χ0v) is 12.9. The summed E-state index contributed by atoms with van der Waals surface area (Å²) in [5, 5.41) is 2.71. The number of ether oxygens (including phenoxy) is 3. The summed E-state index contributed by atoms with van der Waals surface area (Å²) in [7, 11) is 0. The average molecular weight is 322 g/mol.